The van der Waals surface area contributed by atoms with E-state index in [1.165, 1.54) is 13.2 Å². The quantitative estimate of drug-likeness (QED) is 0.880. The maximum atomic E-state index is 13.3. The summed E-state index contributed by atoms with van der Waals surface area (Å²) < 4.78 is 56.7. The Morgan fingerprint density at radius 2 is 2.10 bits per heavy atom. The van der Waals surface area contributed by atoms with Crippen LogP contribution >= 0.6 is 0 Å². The highest BCUT2D eigenvalue weighted by molar-refractivity contribution is 7.89. The summed E-state index contributed by atoms with van der Waals surface area (Å²) >= 11 is 0. The molecule has 2 atom stereocenters. The second-order valence-electron chi connectivity index (χ2n) is 4.96. The van der Waals surface area contributed by atoms with Crippen LogP contribution in [0.25, 0.3) is 0 Å². The molecule has 0 aliphatic carbocycles. The molecule has 1 N–H and O–H groups in total. The molecule has 1 heterocycles. The predicted octanol–water partition coefficient (Wildman–Crippen LogP) is 1.05. The summed E-state index contributed by atoms with van der Waals surface area (Å²) in [4.78, 5) is 0. The molecule has 1 aromatic carbocycles. The van der Waals surface area contributed by atoms with E-state index >= 15 is 0 Å². The van der Waals surface area contributed by atoms with Gasteiger partial charge in [-0.3, -0.25) is 0 Å². The number of hydrogen-bond acceptors (Lipinski definition) is 4. The first kappa shape index (κ1) is 16.3. The lowest BCUT2D eigenvalue weighted by atomic mass is 10.0. The Balaban J connectivity index is 2.30. The molecule has 0 amide bonds. The van der Waals surface area contributed by atoms with Crippen LogP contribution in [0.5, 0.6) is 0 Å². The molecule has 2 rings (SSSR count). The van der Waals surface area contributed by atoms with E-state index in [0.717, 1.165) is 16.4 Å². The van der Waals surface area contributed by atoms with Gasteiger partial charge in [-0.25, -0.2) is 17.2 Å². The summed E-state index contributed by atoms with van der Waals surface area (Å²) in [6, 6.07) is 2.56. The Morgan fingerprint density at radius 3 is 2.71 bits per heavy atom. The highest BCUT2D eigenvalue weighted by Crippen LogP contribution is 2.35. The molecule has 1 fully saturated rings. The van der Waals surface area contributed by atoms with Crippen molar-refractivity contribution in [1.82, 2.24) is 4.31 Å². The Morgan fingerprint density at radius 1 is 1.38 bits per heavy atom. The van der Waals surface area contributed by atoms with Crippen LogP contribution in [0.1, 0.15) is 18.0 Å². The number of benzene rings is 1. The van der Waals surface area contributed by atoms with E-state index in [4.69, 9.17) is 4.74 Å². The summed E-state index contributed by atoms with van der Waals surface area (Å²) in [7, 11) is -2.25. The van der Waals surface area contributed by atoms with Gasteiger partial charge in [0.05, 0.1) is 24.5 Å². The zero-order valence-electron chi connectivity index (χ0n) is 11.5. The molecule has 21 heavy (non-hydrogen) atoms. The maximum Gasteiger partial charge on any atom is 0.217 e. The van der Waals surface area contributed by atoms with E-state index < -0.39 is 33.8 Å². The second-order valence-corrected chi connectivity index (χ2v) is 7.00. The predicted molar refractivity (Wildman–Crippen MR) is 72.1 cm³/mol. The lowest BCUT2D eigenvalue weighted by Gasteiger charge is -2.24. The third kappa shape index (κ3) is 3.57. The first-order valence-electron chi connectivity index (χ1n) is 6.46. The van der Waals surface area contributed by atoms with Gasteiger partial charge in [0.25, 0.3) is 0 Å². The van der Waals surface area contributed by atoms with Crippen LogP contribution in [0.3, 0.4) is 0 Å². The molecule has 0 saturated carbocycles. The van der Waals surface area contributed by atoms with Crippen LogP contribution < -0.4 is 0 Å². The Labute approximate surface area is 122 Å². The lowest BCUT2D eigenvalue weighted by molar-refractivity contribution is 0.188. The van der Waals surface area contributed by atoms with Gasteiger partial charge in [0.1, 0.15) is 0 Å². The van der Waals surface area contributed by atoms with Gasteiger partial charge in [-0.2, -0.15) is 4.31 Å². The summed E-state index contributed by atoms with van der Waals surface area (Å²) in [6.07, 6.45) is -0.683. The largest absolute Gasteiger partial charge is 0.392 e. The number of ether oxygens (including phenoxy) is 1. The van der Waals surface area contributed by atoms with Crippen molar-refractivity contribution in [3.63, 3.8) is 0 Å². The molecule has 5 nitrogen and oxygen atoms in total. The zero-order valence-corrected chi connectivity index (χ0v) is 12.3. The van der Waals surface area contributed by atoms with Crippen LogP contribution in [-0.4, -0.2) is 49.9 Å². The SMILES string of the molecule is COCCS(=O)(=O)N1C[C@@H](O)C[C@@H]1c1ccc(F)c(F)c1. The number of halogens is 2. The summed E-state index contributed by atoms with van der Waals surface area (Å²) in [5.74, 6) is -2.26. The molecule has 0 bridgehead atoms. The highest BCUT2D eigenvalue weighted by Gasteiger charge is 2.39. The van der Waals surface area contributed by atoms with Gasteiger partial charge in [0.15, 0.2) is 11.6 Å². The first-order valence-corrected chi connectivity index (χ1v) is 8.07. The molecular weight excluding hydrogens is 304 g/mol. The Hall–Kier alpha value is -1.09. The van der Waals surface area contributed by atoms with E-state index in [0.29, 0.717) is 5.56 Å². The number of methoxy groups -OCH3 is 1. The molecule has 0 unspecified atom stereocenters. The smallest absolute Gasteiger partial charge is 0.217 e. The van der Waals surface area contributed by atoms with Crippen molar-refractivity contribution < 1.29 is 27.0 Å². The van der Waals surface area contributed by atoms with E-state index in [-0.39, 0.29) is 25.3 Å². The topological polar surface area (TPSA) is 66.8 Å². The number of aliphatic hydroxyl groups is 1. The third-order valence-electron chi connectivity index (χ3n) is 3.46. The van der Waals surface area contributed by atoms with Crippen LogP contribution in [0, 0.1) is 11.6 Å². The molecule has 0 spiro atoms. The van der Waals surface area contributed by atoms with E-state index in [1.54, 1.807) is 0 Å². The number of nitrogens with zero attached hydrogens (tertiary/aromatic N) is 1. The standard InChI is InChI=1S/C13H17F2NO4S/c1-20-4-5-21(18,19)16-8-10(17)7-13(16)9-2-3-11(14)12(15)6-9/h2-3,6,10,13,17H,4-5,7-8H2,1H3/t10-,13+/m0/s1. The fraction of sp³-hybridized carbons (Fsp3) is 0.538. The minimum atomic E-state index is -3.64. The minimum Gasteiger partial charge on any atom is -0.392 e. The summed E-state index contributed by atoms with van der Waals surface area (Å²) in [6.45, 7) is -0.0326. The second kappa shape index (κ2) is 6.35. The lowest BCUT2D eigenvalue weighted by Crippen LogP contribution is -2.34. The molecule has 1 aliphatic rings. The van der Waals surface area contributed by atoms with Crippen LogP contribution in [-0.2, 0) is 14.8 Å². The zero-order chi connectivity index (χ0) is 15.6. The molecule has 0 aromatic heterocycles. The van der Waals surface area contributed by atoms with Gasteiger partial charge >= 0.3 is 0 Å². The Kier molecular flexibility index (Phi) is 4.92. The van der Waals surface area contributed by atoms with E-state index in [2.05, 4.69) is 0 Å². The number of sulfonamides is 1. The highest BCUT2D eigenvalue weighted by atomic mass is 32.2. The van der Waals surface area contributed by atoms with Crippen molar-refractivity contribution in [3.8, 4) is 0 Å². The third-order valence-corrected chi connectivity index (χ3v) is 5.27. The fourth-order valence-corrected chi connectivity index (χ4v) is 4.03. The van der Waals surface area contributed by atoms with Crippen LogP contribution in [0.15, 0.2) is 18.2 Å². The van der Waals surface area contributed by atoms with Gasteiger partial charge in [-0.05, 0) is 24.1 Å². The number of β-amino-alcohol motifs (C(OH)–C–C–N with tert-alkyl or cyclic N) is 1. The van der Waals surface area contributed by atoms with Crippen molar-refractivity contribution in [2.24, 2.45) is 0 Å². The minimum absolute atomic E-state index is 0.0272. The van der Waals surface area contributed by atoms with Crippen LogP contribution in [0.4, 0.5) is 8.78 Å². The average Bonchev–Trinajstić information content (AvgIpc) is 2.82. The maximum absolute atomic E-state index is 13.3. The molecule has 0 radical (unpaired) electrons. The normalized spacial score (nSPS) is 23.6. The molecule has 1 aliphatic heterocycles. The van der Waals surface area contributed by atoms with Crippen molar-refractivity contribution in [2.75, 3.05) is 26.0 Å². The van der Waals surface area contributed by atoms with Gasteiger partial charge in [-0.15, -0.1) is 0 Å². The number of rotatable bonds is 5. The van der Waals surface area contributed by atoms with E-state index in [9.17, 15) is 22.3 Å². The average molecular weight is 321 g/mol. The molecule has 1 aromatic rings. The number of hydrogen-bond donors (Lipinski definition) is 1. The fourth-order valence-electron chi connectivity index (χ4n) is 2.42. The molecule has 1 saturated heterocycles. The molecule has 8 heteroatoms. The molecule has 118 valence electrons. The van der Waals surface area contributed by atoms with Gasteiger partial charge < -0.3 is 9.84 Å². The van der Waals surface area contributed by atoms with Crippen molar-refractivity contribution in [2.45, 2.75) is 18.6 Å². The summed E-state index contributed by atoms with van der Waals surface area (Å²) in [5, 5.41) is 9.74. The Bertz CT molecular complexity index is 608. The van der Waals surface area contributed by atoms with Gasteiger partial charge in [0.2, 0.25) is 10.0 Å². The number of aliphatic hydroxyl groups excluding tert-OH is 1. The van der Waals surface area contributed by atoms with Gasteiger partial charge in [0, 0.05) is 13.7 Å². The molecular formula is C13H17F2NO4S. The first-order chi connectivity index (χ1) is 9.85. The van der Waals surface area contributed by atoms with Crippen molar-refractivity contribution in [3.05, 3.63) is 35.4 Å². The van der Waals surface area contributed by atoms with Crippen molar-refractivity contribution >= 4 is 10.0 Å². The van der Waals surface area contributed by atoms with E-state index in [1.807, 2.05) is 0 Å². The monoisotopic (exact) mass is 321 g/mol. The van der Waals surface area contributed by atoms with Gasteiger partial charge in [-0.1, -0.05) is 6.07 Å². The summed E-state index contributed by atoms with van der Waals surface area (Å²) in [5.41, 5.74) is 0.325. The van der Waals surface area contributed by atoms with Crippen LogP contribution in [0.2, 0.25) is 0 Å². The van der Waals surface area contributed by atoms with Crippen molar-refractivity contribution in [1.29, 1.82) is 0 Å².